The molecule has 0 saturated heterocycles. The Balaban J connectivity index is 2.01. The number of aliphatic hydroxyl groups is 1. The predicted octanol–water partition coefficient (Wildman–Crippen LogP) is -0.0705. The van der Waals surface area contributed by atoms with E-state index in [1.807, 2.05) is 0 Å². The van der Waals surface area contributed by atoms with Gasteiger partial charge >= 0.3 is 0 Å². The number of nitrogens with zero attached hydrogens (tertiary/aromatic N) is 2. The van der Waals surface area contributed by atoms with Crippen LogP contribution in [0.25, 0.3) is 0 Å². The second kappa shape index (κ2) is 9.85. The van der Waals surface area contributed by atoms with Gasteiger partial charge in [0, 0.05) is 43.1 Å². The molecule has 1 aliphatic heterocycles. The van der Waals surface area contributed by atoms with Gasteiger partial charge in [0.05, 0.1) is 6.26 Å². The Hall–Kier alpha value is -2.17. The highest BCUT2D eigenvalue weighted by molar-refractivity contribution is 7.88. The van der Waals surface area contributed by atoms with Crippen molar-refractivity contribution in [2.45, 2.75) is 44.2 Å². The third kappa shape index (κ3) is 6.47. The van der Waals surface area contributed by atoms with Crippen LogP contribution in [0.15, 0.2) is 41.3 Å². The molecule has 1 aliphatic carbocycles. The van der Waals surface area contributed by atoms with Gasteiger partial charge in [0.2, 0.25) is 10.0 Å². The number of nitrogens with two attached hydrogens (primary N) is 1. The predicted molar refractivity (Wildman–Crippen MR) is 109 cm³/mol. The van der Waals surface area contributed by atoms with Crippen LogP contribution in [-0.2, 0) is 14.8 Å². The summed E-state index contributed by atoms with van der Waals surface area (Å²) in [6.45, 7) is 4.23. The van der Waals surface area contributed by atoms with Crippen molar-refractivity contribution in [2.75, 3.05) is 19.4 Å². The molecular formula is C18H29N5O4S. The Morgan fingerprint density at radius 1 is 1.36 bits per heavy atom. The van der Waals surface area contributed by atoms with E-state index in [1.165, 1.54) is 23.4 Å². The number of amidine groups is 1. The van der Waals surface area contributed by atoms with Crippen LogP contribution in [0.4, 0.5) is 0 Å². The maximum absolute atomic E-state index is 12.2. The Kier molecular flexibility index (Phi) is 7.78. The van der Waals surface area contributed by atoms with Crippen LogP contribution in [0.2, 0.25) is 0 Å². The van der Waals surface area contributed by atoms with Gasteiger partial charge in [0.15, 0.2) is 0 Å². The van der Waals surface area contributed by atoms with Crippen molar-refractivity contribution in [3.63, 3.8) is 0 Å². The van der Waals surface area contributed by atoms with Crippen molar-refractivity contribution in [3.8, 4) is 0 Å². The average Bonchev–Trinajstić information content (AvgIpc) is 2.62. The zero-order valence-electron chi connectivity index (χ0n) is 16.1. The van der Waals surface area contributed by atoms with Gasteiger partial charge in [-0.3, -0.25) is 9.69 Å². The van der Waals surface area contributed by atoms with E-state index in [2.05, 4.69) is 21.6 Å². The maximum atomic E-state index is 12.2. The molecule has 1 saturated carbocycles. The Morgan fingerprint density at radius 2 is 2.00 bits per heavy atom. The molecule has 1 heterocycles. The zero-order chi connectivity index (χ0) is 20.7. The molecule has 1 amide bonds. The summed E-state index contributed by atoms with van der Waals surface area (Å²) in [4.78, 5) is 18.1. The summed E-state index contributed by atoms with van der Waals surface area (Å²) >= 11 is 0. The Morgan fingerprint density at radius 3 is 2.57 bits per heavy atom. The molecule has 0 aromatic heterocycles. The summed E-state index contributed by atoms with van der Waals surface area (Å²) in [5.41, 5.74) is 6.27. The van der Waals surface area contributed by atoms with Gasteiger partial charge in [-0.15, -0.1) is 0 Å². The van der Waals surface area contributed by atoms with E-state index < -0.39 is 10.0 Å². The Labute approximate surface area is 166 Å². The molecule has 0 atom stereocenters. The summed E-state index contributed by atoms with van der Waals surface area (Å²) in [7, 11) is -3.20. The van der Waals surface area contributed by atoms with Crippen molar-refractivity contribution in [1.29, 1.82) is 0 Å². The fraction of sp³-hybridized carbons (Fsp3) is 0.556. The van der Waals surface area contributed by atoms with Crippen molar-refractivity contribution in [2.24, 2.45) is 10.7 Å². The van der Waals surface area contributed by atoms with Crippen molar-refractivity contribution in [1.82, 2.24) is 14.9 Å². The molecule has 0 bridgehead atoms. The molecular weight excluding hydrogens is 382 g/mol. The maximum Gasteiger partial charge on any atom is 0.252 e. The van der Waals surface area contributed by atoms with E-state index >= 15 is 0 Å². The fourth-order valence-corrected chi connectivity index (χ4v) is 4.18. The highest BCUT2D eigenvalue weighted by Gasteiger charge is 2.26. The first kappa shape index (κ1) is 22.1. The van der Waals surface area contributed by atoms with Crippen LogP contribution < -0.4 is 15.8 Å². The van der Waals surface area contributed by atoms with Gasteiger partial charge in [0.25, 0.3) is 5.91 Å². The second-order valence-corrected chi connectivity index (χ2v) is 8.77. The number of hydrogen-bond acceptors (Lipinski definition) is 7. The third-order valence-electron chi connectivity index (χ3n) is 4.62. The molecule has 28 heavy (non-hydrogen) atoms. The normalized spacial score (nSPS) is 26.1. The van der Waals surface area contributed by atoms with E-state index in [1.54, 1.807) is 6.08 Å². The molecule has 10 heteroatoms. The molecule has 0 radical (unpaired) electrons. The van der Waals surface area contributed by atoms with Crippen molar-refractivity contribution >= 4 is 21.8 Å². The summed E-state index contributed by atoms with van der Waals surface area (Å²) in [6, 6.07) is 0.0787. The van der Waals surface area contributed by atoms with Crippen molar-refractivity contribution < 1.29 is 18.3 Å². The molecule has 9 nitrogen and oxygen atoms in total. The van der Waals surface area contributed by atoms with Gasteiger partial charge in [-0.05, 0) is 38.2 Å². The SMILES string of the molecule is C=C(/N=C1\C(=C/N)C=CC(=O)N1CCCO)N[C@H]1CC[C@H](NS(C)(=O)=O)CC1. The lowest BCUT2D eigenvalue weighted by Gasteiger charge is -2.30. The van der Waals surface area contributed by atoms with E-state index in [9.17, 15) is 13.2 Å². The summed E-state index contributed by atoms with van der Waals surface area (Å²) < 4.78 is 25.3. The number of carbonyl (C=O) groups is 1. The minimum atomic E-state index is -3.20. The van der Waals surface area contributed by atoms with Crippen molar-refractivity contribution in [3.05, 3.63) is 36.3 Å². The number of hydrogen-bond donors (Lipinski definition) is 4. The van der Waals surface area contributed by atoms with Crippen LogP contribution in [0.1, 0.15) is 32.1 Å². The zero-order valence-corrected chi connectivity index (χ0v) is 16.9. The second-order valence-electron chi connectivity index (χ2n) is 6.99. The smallest absolute Gasteiger partial charge is 0.252 e. The molecule has 1 fully saturated rings. The number of aliphatic hydroxyl groups excluding tert-OH is 1. The van der Waals surface area contributed by atoms with E-state index in [-0.39, 0.29) is 24.6 Å². The summed E-state index contributed by atoms with van der Waals surface area (Å²) in [5, 5.41) is 12.3. The quantitative estimate of drug-likeness (QED) is 0.441. The first-order valence-electron chi connectivity index (χ1n) is 9.27. The molecule has 0 aromatic rings. The van der Waals surface area contributed by atoms with Gasteiger partial charge in [-0.25, -0.2) is 18.1 Å². The highest BCUT2D eigenvalue weighted by Crippen LogP contribution is 2.21. The first-order valence-corrected chi connectivity index (χ1v) is 11.2. The standard InChI is InChI=1S/C18H29N5O4S/c1-13(20-15-5-7-16(8-6-15)22-28(2,26)27)21-18-14(12-19)4-9-17(25)23(18)10-3-11-24/h4,9,12,15-16,20,22,24H,1,3,5-8,10-11,19H2,2H3/b14-12-,21-18+/t15-,16-. The van der Waals surface area contributed by atoms with Gasteiger partial charge in [-0.2, -0.15) is 0 Å². The van der Waals surface area contributed by atoms with Crippen LogP contribution in [0.5, 0.6) is 0 Å². The Bertz CT molecular complexity index is 780. The van der Waals surface area contributed by atoms with Crippen LogP contribution in [0, 0.1) is 0 Å². The van der Waals surface area contributed by atoms with E-state index in [0.717, 1.165) is 25.7 Å². The fourth-order valence-electron chi connectivity index (χ4n) is 3.34. The first-order chi connectivity index (χ1) is 13.2. The number of sulfonamides is 1. The summed E-state index contributed by atoms with van der Waals surface area (Å²) in [6.07, 6.45) is 9.01. The minimum Gasteiger partial charge on any atom is -0.404 e. The molecule has 156 valence electrons. The molecule has 0 unspecified atom stereocenters. The third-order valence-corrected chi connectivity index (χ3v) is 5.39. The number of nitrogens with one attached hydrogen (secondary N) is 2. The number of aliphatic imine (C=N–C) groups is 1. The highest BCUT2D eigenvalue weighted by atomic mass is 32.2. The number of carbonyl (C=O) groups excluding carboxylic acids is 1. The lowest BCUT2D eigenvalue weighted by atomic mass is 9.92. The molecule has 5 N–H and O–H groups in total. The molecule has 2 rings (SSSR count). The van der Waals surface area contributed by atoms with Gasteiger partial charge in [-0.1, -0.05) is 6.58 Å². The number of amides is 1. The van der Waals surface area contributed by atoms with Crippen LogP contribution >= 0.6 is 0 Å². The lowest BCUT2D eigenvalue weighted by molar-refractivity contribution is -0.122. The van der Waals surface area contributed by atoms with Gasteiger partial charge in [0.1, 0.15) is 11.7 Å². The molecule has 0 aromatic carbocycles. The average molecular weight is 412 g/mol. The number of rotatable bonds is 8. The minimum absolute atomic E-state index is 0.0353. The lowest BCUT2D eigenvalue weighted by Crippen LogP contribution is -2.42. The van der Waals surface area contributed by atoms with Gasteiger partial charge < -0.3 is 16.2 Å². The van der Waals surface area contributed by atoms with E-state index in [0.29, 0.717) is 30.2 Å². The summed E-state index contributed by atoms with van der Waals surface area (Å²) in [5.74, 6) is 0.581. The van der Waals surface area contributed by atoms with E-state index in [4.69, 9.17) is 10.8 Å². The monoisotopic (exact) mass is 411 g/mol. The molecule has 2 aliphatic rings. The molecule has 0 spiro atoms. The van der Waals surface area contributed by atoms with Crippen LogP contribution in [0.3, 0.4) is 0 Å². The topological polar surface area (TPSA) is 137 Å². The largest absolute Gasteiger partial charge is 0.404 e. The van der Waals surface area contributed by atoms with Crippen LogP contribution in [-0.4, -0.2) is 61.7 Å².